The van der Waals surface area contributed by atoms with Crippen LogP contribution in [0.15, 0.2) is 54.7 Å². The number of ether oxygens (including phenoxy) is 2. The molecule has 0 fully saturated rings. The van der Waals surface area contributed by atoms with Crippen LogP contribution in [0.2, 0.25) is 5.02 Å². The molecule has 4 aromatic rings. The standard InChI is InChI=1S/C24H19ClN4O5/c25-14-7-8-17-16(10-14)15(24(28-17)18-5-1-2-9-26-18)4-3-6-23(30)27-19-11-21-22(34-13-33-21)12-20(19)29(31)32/h1-2,5,7-12,28H,3-4,6,13H2,(H,27,30). The van der Waals surface area contributed by atoms with E-state index in [1.54, 1.807) is 6.20 Å². The van der Waals surface area contributed by atoms with Crippen molar-refractivity contribution < 1.29 is 19.2 Å². The zero-order chi connectivity index (χ0) is 23.7. The SMILES string of the molecule is O=C(CCCc1c(-c2ccccn2)[nH]c2ccc(Cl)cc12)Nc1cc2c(cc1[N+](=O)[O-])OCO2. The van der Waals surface area contributed by atoms with E-state index in [-0.39, 0.29) is 36.2 Å². The average Bonchev–Trinajstić information content (AvgIpc) is 3.43. The molecule has 0 spiro atoms. The predicted molar refractivity (Wildman–Crippen MR) is 127 cm³/mol. The molecular formula is C24H19ClN4O5. The molecule has 0 radical (unpaired) electrons. The summed E-state index contributed by atoms with van der Waals surface area (Å²) >= 11 is 6.23. The minimum absolute atomic E-state index is 0.0167. The maximum atomic E-state index is 12.6. The van der Waals surface area contributed by atoms with E-state index in [0.717, 1.165) is 27.9 Å². The van der Waals surface area contributed by atoms with Crippen LogP contribution in [0, 0.1) is 10.1 Å². The van der Waals surface area contributed by atoms with Gasteiger partial charge in [0.15, 0.2) is 11.5 Å². The minimum Gasteiger partial charge on any atom is -0.454 e. The van der Waals surface area contributed by atoms with E-state index in [1.807, 2.05) is 36.4 Å². The molecule has 0 saturated heterocycles. The number of benzene rings is 2. The number of aromatic amines is 1. The number of anilines is 1. The Morgan fingerprint density at radius 1 is 1.18 bits per heavy atom. The smallest absolute Gasteiger partial charge is 0.296 e. The van der Waals surface area contributed by atoms with Gasteiger partial charge in [0.1, 0.15) is 5.69 Å². The van der Waals surface area contributed by atoms with Crippen molar-refractivity contribution >= 4 is 39.8 Å². The molecule has 1 aliphatic rings. The van der Waals surface area contributed by atoms with Gasteiger partial charge in [0.25, 0.3) is 5.69 Å². The van der Waals surface area contributed by atoms with Crippen molar-refractivity contribution in [1.82, 2.24) is 9.97 Å². The Morgan fingerprint density at radius 2 is 2.00 bits per heavy atom. The maximum Gasteiger partial charge on any atom is 0.296 e. The van der Waals surface area contributed by atoms with E-state index in [1.165, 1.54) is 12.1 Å². The van der Waals surface area contributed by atoms with Crippen LogP contribution in [0.5, 0.6) is 11.5 Å². The van der Waals surface area contributed by atoms with Gasteiger partial charge in [0, 0.05) is 34.6 Å². The first-order chi connectivity index (χ1) is 16.5. The molecule has 34 heavy (non-hydrogen) atoms. The Hall–Kier alpha value is -4.11. The molecule has 0 atom stereocenters. The third-order valence-electron chi connectivity index (χ3n) is 5.58. The number of H-pyrrole nitrogens is 1. The maximum absolute atomic E-state index is 12.6. The number of fused-ring (bicyclic) bond motifs is 2. The second-order valence-electron chi connectivity index (χ2n) is 7.76. The lowest BCUT2D eigenvalue weighted by molar-refractivity contribution is -0.384. The summed E-state index contributed by atoms with van der Waals surface area (Å²) in [5, 5.41) is 15.7. The Morgan fingerprint density at radius 3 is 2.76 bits per heavy atom. The average molecular weight is 479 g/mol. The topological polar surface area (TPSA) is 119 Å². The summed E-state index contributed by atoms with van der Waals surface area (Å²) in [7, 11) is 0. The molecule has 3 heterocycles. The molecule has 10 heteroatoms. The number of carbonyl (C=O) groups is 1. The number of amides is 1. The first kappa shape index (κ1) is 21.7. The monoisotopic (exact) mass is 478 g/mol. The van der Waals surface area contributed by atoms with Crippen molar-refractivity contribution in [2.75, 3.05) is 12.1 Å². The lowest BCUT2D eigenvalue weighted by Gasteiger charge is -2.08. The number of carbonyl (C=O) groups excluding carboxylic acids is 1. The fourth-order valence-corrected chi connectivity index (χ4v) is 4.20. The number of halogens is 1. The largest absolute Gasteiger partial charge is 0.454 e. The number of nitro groups is 1. The van der Waals surface area contributed by atoms with Crippen LogP contribution in [0.1, 0.15) is 18.4 Å². The highest BCUT2D eigenvalue weighted by Crippen LogP contribution is 2.40. The van der Waals surface area contributed by atoms with Gasteiger partial charge in [-0.25, -0.2) is 0 Å². The Labute approximate surface area is 198 Å². The van der Waals surface area contributed by atoms with Crippen LogP contribution in [0.25, 0.3) is 22.3 Å². The highest BCUT2D eigenvalue weighted by atomic mass is 35.5. The molecule has 0 saturated carbocycles. The quantitative estimate of drug-likeness (QED) is 0.268. The summed E-state index contributed by atoms with van der Waals surface area (Å²) in [6, 6.07) is 14.0. The first-order valence-corrected chi connectivity index (χ1v) is 11.0. The van der Waals surface area contributed by atoms with E-state index in [4.69, 9.17) is 21.1 Å². The van der Waals surface area contributed by atoms with Gasteiger partial charge < -0.3 is 19.8 Å². The van der Waals surface area contributed by atoms with Gasteiger partial charge in [-0.3, -0.25) is 19.9 Å². The van der Waals surface area contributed by atoms with Crippen LogP contribution < -0.4 is 14.8 Å². The number of nitrogens with zero attached hydrogens (tertiary/aromatic N) is 2. The van der Waals surface area contributed by atoms with Crippen LogP contribution in [0.3, 0.4) is 0 Å². The lowest BCUT2D eigenvalue weighted by atomic mass is 10.0. The van der Waals surface area contributed by atoms with Gasteiger partial charge >= 0.3 is 0 Å². The van der Waals surface area contributed by atoms with Gasteiger partial charge in [-0.05, 0) is 48.7 Å². The van der Waals surface area contributed by atoms with Crippen molar-refractivity contribution in [1.29, 1.82) is 0 Å². The molecule has 2 aromatic carbocycles. The van der Waals surface area contributed by atoms with Crippen LogP contribution in [-0.4, -0.2) is 27.6 Å². The van der Waals surface area contributed by atoms with Gasteiger partial charge in [0.05, 0.1) is 22.4 Å². The lowest BCUT2D eigenvalue weighted by Crippen LogP contribution is -2.13. The fourth-order valence-electron chi connectivity index (χ4n) is 4.03. The van der Waals surface area contributed by atoms with E-state index in [2.05, 4.69) is 15.3 Å². The second-order valence-corrected chi connectivity index (χ2v) is 8.20. The molecule has 2 aromatic heterocycles. The number of nitrogens with one attached hydrogen (secondary N) is 2. The van der Waals surface area contributed by atoms with Crippen LogP contribution >= 0.6 is 11.6 Å². The van der Waals surface area contributed by atoms with Crippen molar-refractivity contribution in [3.05, 3.63) is 75.4 Å². The highest BCUT2D eigenvalue weighted by Gasteiger charge is 2.24. The van der Waals surface area contributed by atoms with Gasteiger partial charge in [-0.2, -0.15) is 0 Å². The van der Waals surface area contributed by atoms with Gasteiger partial charge in [0.2, 0.25) is 12.7 Å². The van der Waals surface area contributed by atoms with Crippen LogP contribution in [-0.2, 0) is 11.2 Å². The zero-order valence-corrected chi connectivity index (χ0v) is 18.6. The molecular weight excluding hydrogens is 460 g/mol. The van der Waals surface area contributed by atoms with Crippen molar-refractivity contribution in [2.24, 2.45) is 0 Å². The molecule has 0 unspecified atom stereocenters. The number of aryl methyl sites for hydroxylation is 1. The number of rotatable bonds is 7. The summed E-state index contributed by atoms with van der Waals surface area (Å²) < 4.78 is 10.5. The van der Waals surface area contributed by atoms with Gasteiger partial charge in [-0.1, -0.05) is 17.7 Å². The predicted octanol–water partition coefficient (Wildman–Crippen LogP) is 5.48. The molecule has 5 rings (SSSR count). The molecule has 172 valence electrons. The summed E-state index contributed by atoms with van der Waals surface area (Å²) in [4.78, 5) is 31.4. The second kappa shape index (κ2) is 9.03. The molecule has 1 aliphatic heterocycles. The molecule has 9 nitrogen and oxygen atoms in total. The van der Waals surface area contributed by atoms with Crippen LogP contribution in [0.4, 0.5) is 11.4 Å². The number of nitro benzene ring substituents is 1. The Balaban J connectivity index is 1.34. The van der Waals surface area contributed by atoms with Crippen molar-refractivity contribution in [3.63, 3.8) is 0 Å². The summed E-state index contributed by atoms with van der Waals surface area (Å²) in [6.07, 6.45) is 3.00. The fraction of sp³-hybridized carbons (Fsp3) is 0.167. The Kier molecular flexibility index (Phi) is 5.77. The number of aromatic nitrogens is 2. The first-order valence-electron chi connectivity index (χ1n) is 10.6. The summed E-state index contributed by atoms with van der Waals surface area (Å²) in [5.74, 6) is 0.306. The third-order valence-corrected chi connectivity index (χ3v) is 5.82. The highest BCUT2D eigenvalue weighted by molar-refractivity contribution is 6.31. The van der Waals surface area contributed by atoms with Crippen molar-refractivity contribution in [3.8, 4) is 22.9 Å². The van der Waals surface area contributed by atoms with E-state index in [0.29, 0.717) is 23.6 Å². The minimum atomic E-state index is -0.563. The molecule has 1 amide bonds. The number of pyridine rings is 1. The van der Waals surface area contributed by atoms with E-state index >= 15 is 0 Å². The zero-order valence-electron chi connectivity index (χ0n) is 17.8. The normalized spacial score (nSPS) is 12.1. The Bertz CT molecular complexity index is 1400. The van der Waals surface area contributed by atoms with Crippen molar-refractivity contribution in [2.45, 2.75) is 19.3 Å². The number of hydrogen-bond acceptors (Lipinski definition) is 6. The molecule has 0 aliphatic carbocycles. The van der Waals surface area contributed by atoms with E-state index < -0.39 is 4.92 Å². The summed E-state index contributed by atoms with van der Waals surface area (Å²) in [6.45, 7) is -0.0167. The molecule has 0 bridgehead atoms. The summed E-state index contributed by atoms with van der Waals surface area (Å²) in [5.41, 5.74) is 3.45. The van der Waals surface area contributed by atoms with Gasteiger partial charge in [-0.15, -0.1) is 0 Å². The third kappa shape index (κ3) is 4.25. The number of hydrogen-bond donors (Lipinski definition) is 2. The van der Waals surface area contributed by atoms with E-state index in [9.17, 15) is 14.9 Å². The molecule has 2 N–H and O–H groups in total.